The summed E-state index contributed by atoms with van der Waals surface area (Å²) in [5.74, 6) is 0. The number of anilines is 2. The fourth-order valence-electron chi connectivity index (χ4n) is 2.55. The van der Waals surface area contributed by atoms with Crippen molar-refractivity contribution in [3.63, 3.8) is 0 Å². The first-order valence-electron chi connectivity index (χ1n) is 7.97. The number of hydrogen-bond donors (Lipinski definition) is 1. The van der Waals surface area contributed by atoms with Gasteiger partial charge in [-0.15, -0.1) is 0 Å². The first-order valence-corrected chi connectivity index (χ1v) is 7.97. The van der Waals surface area contributed by atoms with Crippen LogP contribution in [0.25, 0.3) is 0 Å². The molecule has 0 bridgehead atoms. The van der Waals surface area contributed by atoms with Gasteiger partial charge in [-0.1, -0.05) is 66.7 Å². The van der Waals surface area contributed by atoms with Gasteiger partial charge in [-0.05, 0) is 36.2 Å². The standard InChI is InChI=1S/C21H20N2O/c1-17-10-8-9-15-20(17)22-21(24)23(19-13-6-3-7-14-19)16-18-11-4-2-5-12-18/h2-15H,16H2,1H3,(H,22,24). The lowest BCUT2D eigenvalue weighted by Crippen LogP contribution is -2.34. The second-order valence-corrected chi connectivity index (χ2v) is 5.65. The molecule has 120 valence electrons. The Kier molecular flexibility index (Phi) is 4.92. The second kappa shape index (κ2) is 7.47. The smallest absolute Gasteiger partial charge is 0.307 e. The summed E-state index contributed by atoms with van der Waals surface area (Å²) in [7, 11) is 0. The maximum absolute atomic E-state index is 12.9. The Balaban J connectivity index is 1.87. The largest absolute Gasteiger partial charge is 0.326 e. The average molecular weight is 316 g/mol. The highest BCUT2D eigenvalue weighted by Gasteiger charge is 2.16. The van der Waals surface area contributed by atoms with Gasteiger partial charge in [0.15, 0.2) is 0 Å². The van der Waals surface area contributed by atoms with Crippen LogP contribution in [0.4, 0.5) is 16.2 Å². The molecule has 0 saturated carbocycles. The van der Waals surface area contributed by atoms with Crippen LogP contribution in [0.1, 0.15) is 11.1 Å². The number of nitrogens with zero attached hydrogens (tertiary/aromatic N) is 1. The SMILES string of the molecule is Cc1ccccc1NC(=O)N(Cc1ccccc1)c1ccccc1. The zero-order chi connectivity index (χ0) is 16.8. The Morgan fingerprint density at radius 2 is 1.42 bits per heavy atom. The van der Waals surface area contributed by atoms with Gasteiger partial charge in [-0.3, -0.25) is 4.90 Å². The Hall–Kier alpha value is -3.07. The quantitative estimate of drug-likeness (QED) is 0.702. The van der Waals surface area contributed by atoms with Gasteiger partial charge in [-0.2, -0.15) is 0 Å². The number of para-hydroxylation sites is 2. The van der Waals surface area contributed by atoms with Crippen molar-refractivity contribution in [3.05, 3.63) is 96.1 Å². The molecule has 3 aromatic carbocycles. The summed E-state index contributed by atoms with van der Waals surface area (Å²) in [4.78, 5) is 14.6. The summed E-state index contributed by atoms with van der Waals surface area (Å²) in [6, 6.07) is 27.4. The Morgan fingerprint density at radius 3 is 2.08 bits per heavy atom. The summed E-state index contributed by atoms with van der Waals surface area (Å²) < 4.78 is 0. The summed E-state index contributed by atoms with van der Waals surface area (Å²) >= 11 is 0. The second-order valence-electron chi connectivity index (χ2n) is 5.65. The van der Waals surface area contributed by atoms with Gasteiger partial charge in [0.05, 0.1) is 6.54 Å². The summed E-state index contributed by atoms with van der Waals surface area (Å²) in [6.45, 7) is 2.50. The number of amides is 2. The molecule has 3 rings (SSSR count). The minimum absolute atomic E-state index is 0.139. The number of urea groups is 1. The van der Waals surface area contributed by atoms with Crippen LogP contribution >= 0.6 is 0 Å². The molecule has 24 heavy (non-hydrogen) atoms. The van der Waals surface area contributed by atoms with Gasteiger partial charge in [0.1, 0.15) is 0 Å². The average Bonchev–Trinajstić information content (AvgIpc) is 2.63. The predicted octanol–water partition coefficient (Wildman–Crippen LogP) is 5.23. The molecule has 1 N–H and O–H groups in total. The molecule has 0 aromatic heterocycles. The van der Waals surface area contributed by atoms with Gasteiger partial charge in [0.2, 0.25) is 0 Å². The molecule has 0 aliphatic heterocycles. The monoisotopic (exact) mass is 316 g/mol. The maximum Gasteiger partial charge on any atom is 0.326 e. The minimum Gasteiger partial charge on any atom is -0.307 e. The van der Waals surface area contributed by atoms with E-state index in [1.54, 1.807) is 4.90 Å². The molecular weight excluding hydrogens is 296 g/mol. The molecule has 3 nitrogen and oxygen atoms in total. The Morgan fingerprint density at radius 1 is 0.833 bits per heavy atom. The lowest BCUT2D eigenvalue weighted by molar-refractivity contribution is 0.256. The van der Waals surface area contributed by atoms with Crippen LogP contribution in [-0.4, -0.2) is 6.03 Å². The van der Waals surface area contributed by atoms with Crippen LogP contribution < -0.4 is 10.2 Å². The van der Waals surface area contributed by atoms with E-state index in [0.29, 0.717) is 6.54 Å². The molecule has 0 heterocycles. The highest BCUT2D eigenvalue weighted by molar-refractivity contribution is 6.02. The first kappa shape index (κ1) is 15.8. The van der Waals surface area contributed by atoms with Gasteiger partial charge in [0, 0.05) is 11.4 Å². The molecular formula is C21H20N2O. The van der Waals surface area contributed by atoms with E-state index >= 15 is 0 Å². The molecule has 0 aliphatic rings. The predicted molar refractivity (Wildman–Crippen MR) is 99.3 cm³/mol. The van der Waals surface area contributed by atoms with E-state index in [1.165, 1.54) is 0 Å². The summed E-state index contributed by atoms with van der Waals surface area (Å²) in [6.07, 6.45) is 0. The maximum atomic E-state index is 12.9. The van der Waals surface area contributed by atoms with Crippen LogP contribution in [0.3, 0.4) is 0 Å². The Bertz CT molecular complexity index is 800. The van der Waals surface area contributed by atoms with E-state index < -0.39 is 0 Å². The molecule has 3 aromatic rings. The molecule has 0 fully saturated rings. The van der Waals surface area contributed by atoms with Crippen molar-refractivity contribution in [1.82, 2.24) is 0 Å². The molecule has 0 radical (unpaired) electrons. The number of carbonyl (C=O) groups is 1. The van der Waals surface area contributed by atoms with Crippen molar-refractivity contribution >= 4 is 17.4 Å². The van der Waals surface area contributed by atoms with Crippen LogP contribution in [0.2, 0.25) is 0 Å². The van der Waals surface area contributed by atoms with Crippen LogP contribution in [0.5, 0.6) is 0 Å². The normalized spacial score (nSPS) is 10.2. The van der Waals surface area contributed by atoms with E-state index in [4.69, 9.17) is 0 Å². The molecule has 0 atom stereocenters. The van der Waals surface area contributed by atoms with Gasteiger partial charge in [0.25, 0.3) is 0 Å². The molecule has 0 spiro atoms. The number of carbonyl (C=O) groups excluding carboxylic acids is 1. The number of aryl methyl sites for hydroxylation is 1. The third-order valence-electron chi connectivity index (χ3n) is 3.88. The summed E-state index contributed by atoms with van der Waals surface area (Å²) in [5.41, 5.74) is 3.82. The topological polar surface area (TPSA) is 32.3 Å². The Labute approximate surface area is 142 Å². The van der Waals surface area contributed by atoms with Crippen molar-refractivity contribution in [2.75, 3.05) is 10.2 Å². The van der Waals surface area contributed by atoms with E-state index in [0.717, 1.165) is 22.5 Å². The van der Waals surface area contributed by atoms with Crippen LogP contribution in [0, 0.1) is 6.92 Å². The first-order chi connectivity index (χ1) is 11.7. The van der Waals surface area contributed by atoms with E-state index in [2.05, 4.69) is 5.32 Å². The summed E-state index contributed by atoms with van der Waals surface area (Å²) in [5, 5.41) is 3.02. The van der Waals surface area contributed by atoms with Crippen LogP contribution in [0.15, 0.2) is 84.9 Å². The molecule has 0 aliphatic carbocycles. The van der Waals surface area contributed by atoms with E-state index in [9.17, 15) is 4.79 Å². The number of rotatable bonds is 4. The molecule has 0 unspecified atom stereocenters. The number of hydrogen-bond acceptors (Lipinski definition) is 1. The lowest BCUT2D eigenvalue weighted by Gasteiger charge is -2.24. The van der Waals surface area contributed by atoms with Gasteiger partial charge in [-0.25, -0.2) is 4.79 Å². The van der Waals surface area contributed by atoms with Crippen LogP contribution in [-0.2, 0) is 6.54 Å². The van der Waals surface area contributed by atoms with Crippen molar-refractivity contribution < 1.29 is 4.79 Å². The highest BCUT2D eigenvalue weighted by Crippen LogP contribution is 2.20. The van der Waals surface area contributed by atoms with Crippen molar-refractivity contribution in [2.24, 2.45) is 0 Å². The van der Waals surface area contributed by atoms with Crippen molar-refractivity contribution in [2.45, 2.75) is 13.5 Å². The number of benzene rings is 3. The van der Waals surface area contributed by atoms with Crippen molar-refractivity contribution in [1.29, 1.82) is 0 Å². The zero-order valence-electron chi connectivity index (χ0n) is 13.6. The zero-order valence-corrected chi connectivity index (χ0v) is 13.6. The highest BCUT2D eigenvalue weighted by atomic mass is 16.2. The van der Waals surface area contributed by atoms with Gasteiger partial charge < -0.3 is 5.32 Å². The third kappa shape index (κ3) is 3.82. The fourth-order valence-corrected chi connectivity index (χ4v) is 2.55. The van der Waals surface area contributed by atoms with E-state index in [1.807, 2.05) is 91.9 Å². The van der Waals surface area contributed by atoms with Gasteiger partial charge >= 0.3 is 6.03 Å². The molecule has 2 amide bonds. The fraction of sp³-hybridized carbons (Fsp3) is 0.0952. The number of nitrogens with one attached hydrogen (secondary N) is 1. The third-order valence-corrected chi connectivity index (χ3v) is 3.88. The molecule has 0 saturated heterocycles. The lowest BCUT2D eigenvalue weighted by atomic mass is 10.2. The van der Waals surface area contributed by atoms with Crippen molar-refractivity contribution in [3.8, 4) is 0 Å². The van der Waals surface area contributed by atoms with E-state index in [-0.39, 0.29) is 6.03 Å². The molecule has 3 heteroatoms. The minimum atomic E-state index is -0.139.